The molecule has 0 aromatic carbocycles. The van der Waals surface area contributed by atoms with Gasteiger partial charge in [-0.1, -0.05) is 19.8 Å². The standard InChI is InChI=1S/C14H18N4O3/c1-10-3-2-6-14(19,7-10)9-16-13-5-4-12(18(20)21)11(8-15)17-13/h4-5,10,19H,2-3,6-7,9H2,1H3,(H,16,17). The molecule has 1 saturated carbocycles. The summed E-state index contributed by atoms with van der Waals surface area (Å²) in [5.74, 6) is 0.842. The molecular formula is C14H18N4O3. The van der Waals surface area contributed by atoms with Crippen molar-refractivity contribution in [2.75, 3.05) is 11.9 Å². The van der Waals surface area contributed by atoms with Gasteiger partial charge >= 0.3 is 5.69 Å². The van der Waals surface area contributed by atoms with Crippen molar-refractivity contribution in [1.82, 2.24) is 4.98 Å². The fourth-order valence-corrected chi connectivity index (χ4v) is 2.83. The Morgan fingerprint density at radius 2 is 2.43 bits per heavy atom. The van der Waals surface area contributed by atoms with Crippen LogP contribution in [0.4, 0.5) is 11.5 Å². The molecule has 1 aliphatic rings. The average Bonchev–Trinajstić information content (AvgIpc) is 2.44. The Morgan fingerprint density at radius 1 is 1.67 bits per heavy atom. The molecule has 2 N–H and O–H groups in total. The van der Waals surface area contributed by atoms with Crippen LogP contribution in [0.1, 0.15) is 38.3 Å². The topological polar surface area (TPSA) is 112 Å². The zero-order valence-electron chi connectivity index (χ0n) is 11.9. The van der Waals surface area contributed by atoms with E-state index in [0.717, 1.165) is 25.7 Å². The number of anilines is 1. The number of hydrogen-bond donors (Lipinski definition) is 2. The highest BCUT2D eigenvalue weighted by Crippen LogP contribution is 2.32. The zero-order valence-corrected chi connectivity index (χ0v) is 11.9. The van der Waals surface area contributed by atoms with E-state index in [1.54, 1.807) is 6.07 Å². The Kier molecular flexibility index (Phi) is 4.38. The first-order chi connectivity index (χ1) is 9.93. The second-order valence-corrected chi connectivity index (χ2v) is 5.71. The number of aliphatic hydroxyl groups is 1. The Labute approximate surface area is 122 Å². The number of nitriles is 1. The van der Waals surface area contributed by atoms with Crippen molar-refractivity contribution in [2.45, 2.75) is 38.2 Å². The van der Waals surface area contributed by atoms with Crippen molar-refractivity contribution in [3.8, 4) is 6.07 Å². The first-order valence-electron chi connectivity index (χ1n) is 6.95. The molecule has 1 aromatic heterocycles. The first-order valence-corrected chi connectivity index (χ1v) is 6.95. The van der Waals surface area contributed by atoms with Crippen LogP contribution < -0.4 is 5.32 Å². The lowest BCUT2D eigenvalue weighted by Crippen LogP contribution is -2.41. The summed E-state index contributed by atoms with van der Waals surface area (Å²) in [6.45, 7) is 2.44. The largest absolute Gasteiger partial charge is 0.388 e. The number of aromatic nitrogens is 1. The minimum Gasteiger partial charge on any atom is -0.388 e. The summed E-state index contributed by atoms with van der Waals surface area (Å²) < 4.78 is 0. The van der Waals surface area contributed by atoms with Gasteiger partial charge in [-0.3, -0.25) is 10.1 Å². The van der Waals surface area contributed by atoms with E-state index in [2.05, 4.69) is 17.2 Å². The van der Waals surface area contributed by atoms with E-state index in [9.17, 15) is 15.2 Å². The Morgan fingerprint density at radius 3 is 3.05 bits per heavy atom. The van der Waals surface area contributed by atoms with E-state index in [-0.39, 0.29) is 11.4 Å². The summed E-state index contributed by atoms with van der Waals surface area (Å²) in [7, 11) is 0. The number of rotatable bonds is 4. The lowest BCUT2D eigenvalue weighted by molar-refractivity contribution is -0.385. The monoisotopic (exact) mass is 290 g/mol. The Balaban J connectivity index is 2.07. The molecule has 1 fully saturated rings. The maximum Gasteiger partial charge on any atom is 0.305 e. The molecule has 7 nitrogen and oxygen atoms in total. The van der Waals surface area contributed by atoms with Gasteiger partial charge in [0, 0.05) is 12.6 Å². The predicted molar refractivity (Wildman–Crippen MR) is 76.7 cm³/mol. The number of pyridine rings is 1. The van der Waals surface area contributed by atoms with Crippen molar-refractivity contribution >= 4 is 11.5 Å². The predicted octanol–water partition coefficient (Wildman–Crippen LogP) is 2.21. The number of nitro groups is 1. The average molecular weight is 290 g/mol. The maximum atomic E-state index is 10.7. The minimum absolute atomic E-state index is 0.228. The summed E-state index contributed by atoms with van der Waals surface area (Å²) in [6.07, 6.45) is 3.55. The fraction of sp³-hybridized carbons (Fsp3) is 0.571. The minimum atomic E-state index is -0.784. The molecule has 1 heterocycles. The molecule has 0 aliphatic heterocycles. The SMILES string of the molecule is CC1CCCC(O)(CNc2ccc([N+](=O)[O-])c(C#N)n2)C1. The zero-order chi connectivity index (χ0) is 15.5. The molecule has 0 saturated heterocycles. The molecule has 0 amide bonds. The van der Waals surface area contributed by atoms with Crippen molar-refractivity contribution in [1.29, 1.82) is 5.26 Å². The van der Waals surface area contributed by atoms with E-state index in [0.29, 0.717) is 18.3 Å². The van der Waals surface area contributed by atoms with E-state index < -0.39 is 10.5 Å². The van der Waals surface area contributed by atoms with Crippen LogP contribution in [0.15, 0.2) is 12.1 Å². The number of nitrogens with zero attached hydrogens (tertiary/aromatic N) is 3. The molecule has 112 valence electrons. The summed E-state index contributed by atoms with van der Waals surface area (Å²) in [5, 5.41) is 33.1. The molecule has 1 aliphatic carbocycles. The number of hydrogen-bond acceptors (Lipinski definition) is 6. The van der Waals surface area contributed by atoms with Crippen LogP contribution in [-0.4, -0.2) is 27.2 Å². The van der Waals surface area contributed by atoms with Crippen molar-refractivity contribution < 1.29 is 10.0 Å². The van der Waals surface area contributed by atoms with Crippen molar-refractivity contribution in [3.05, 3.63) is 27.9 Å². The molecule has 2 atom stereocenters. The molecule has 0 radical (unpaired) electrons. The Bertz CT molecular complexity index is 584. The highest BCUT2D eigenvalue weighted by Gasteiger charge is 2.32. The van der Waals surface area contributed by atoms with Gasteiger partial charge in [0.1, 0.15) is 11.9 Å². The second kappa shape index (κ2) is 6.06. The van der Waals surface area contributed by atoms with E-state index in [1.165, 1.54) is 12.1 Å². The molecular weight excluding hydrogens is 272 g/mol. The summed E-state index contributed by atoms with van der Waals surface area (Å²) in [4.78, 5) is 14.0. The van der Waals surface area contributed by atoms with Gasteiger partial charge in [0.05, 0.1) is 10.5 Å². The van der Waals surface area contributed by atoms with Gasteiger partial charge in [-0.2, -0.15) is 5.26 Å². The molecule has 0 bridgehead atoms. The van der Waals surface area contributed by atoms with Gasteiger partial charge in [0.25, 0.3) is 0 Å². The third-order valence-corrected chi connectivity index (χ3v) is 3.84. The van der Waals surface area contributed by atoms with Crippen LogP contribution in [0.25, 0.3) is 0 Å². The van der Waals surface area contributed by atoms with E-state index in [4.69, 9.17) is 5.26 Å². The van der Waals surface area contributed by atoms with Gasteiger partial charge < -0.3 is 10.4 Å². The molecule has 7 heteroatoms. The van der Waals surface area contributed by atoms with Crippen LogP contribution in [0.2, 0.25) is 0 Å². The van der Waals surface area contributed by atoms with E-state index >= 15 is 0 Å². The van der Waals surface area contributed by atoms with Crippen LogP contribution in [0.3, 0.4) is 0 Å². The molecule has 1 aromatic rings. The van der Waals surface area contributed by atoms with Gasteiger partial charge in [-0.15, -0.1) is 0 Å². The third kappa shape index (κ3) is 3.67. The number of nitrogens with one attached hydrogen (secondary N) is 1. The van der Waals surface area contributed by atoms with Gasteiger partial charge in [0.15, 0.2) is 0 Å². The van der Waals surface area contributed by atoms with Crippen LogP contribution >= 0.6 is 0 Å². The normalized spacial score (nSPS) is 25.1. The summed E-state index contributed by atoms with van der Waals surface area (Å²) >= 11 is 0. The molecule has 0 spiro atoms. The molecule has 21 heavy (non-hydrogen) atoms. The summed E-state index contributed by atoms with van der Waals surface area (Å²) in [6, 6.07) is 4.42. The lowest BCUT2D eigenvalue weighted by atomic mass is 9.79. The highest BCUT2D eigenvalue weighted by atomic mass is 16.6. The maximum absolute atomic E-state index is 10.7. The Hall–Kier alpha value is -2.20. The quantitative estimate of drug-likeness (QED) is 0.649. The van der Waals surface area contributed by atoms with Crippen molar-refractivity contribution in [2.24, 2.45) is 5.92 Å². The molecule has 2 rings (SSSR count). The van der Waals surface area contributed by atoms with E-state index in [1.807, 2.05) is 0 Å². The smallest absolute Gasteiger partial charge is 0.305 e. The van der Waals surface area contributed by atoms with Crippen molar-refractivity contribution in [3.63, 3.8) is 0 Å². The first kappa shape index (κ1) is 15.2. The summed E-state index contributed by atoms with van der Waals surface area (Å²) in [5.41, 5.74) is -1.32. The van der Waals surface area contributed by atoms with Crippen LogP contribution in [0, 0.1) is 27.4 Å². The second-order valence-electron chi connectivity index (χ2n) is 5.71. The van der Waals surface area contributed by atoms with Gasteiger partial charge in [-0.25, -0.2) is 4.98 Å². The van der Waals surface area contributed by atoms with Gasteiger partial charge in [0.2, 0.25) is 5.69 Å². The van der Waals surface area contributed by atoms with Gasteiger partial charge in [-0.05, 0) is 24.8 Å². The fourth-order valence-electron chi connectivity index (χ4n) is 2.83. The van der Waals surface area contributed by atoms with Crippen LogP contribution in [0.5, 0.6) is 0 Å². The third-order valence-electron chi connectivity index (χ3n) is 3.84. The molecule has 2 unspecified atom stereocenters. The highest BCUT2D eigenvalue weighted by molar-refractivity contribution is 5.50. The van der Waals surface area contributed by atoms with Crippen LogP contribution in [-0.2, 0) is 0 Å². The lowest BCUT2D eigenvalue weighted by Gasteiger charge is -2.35.